The van der Waals surface area contributed by atoms with Gasteiger partial charge in [0.05, 0.1) is 13.2 Å². The minimum Gasteiger partial charge on any atom is -0.394 e. The van der Waals surface area contributed by atoms with Gasteiger partial charge in [0.2, 0.25) is 0 Å². The molecule has 1 saturated heterocycles. The van der Waals surface area contributed by atoms with Crippen LogP contribution in [0.25, 0.3) is 0 Å². The molecule has 0 unspecified atom stereocenters. The molecule has 0 saturated carbocycles. The molecule has 1 aliphatic heterocycles. The Morgan fingerprint density at radius 2 is 1.60 bits per heavy atom. The zero-order valence-corrected chi connectivity index (χ0v) is 15.8. The minimum atomic E-state index is -0.991. The molecule has 148 valence electrons. The molecule has 1 fully saturated rings. The second kappa shape index (κ2) is 14.7. The first-order chi connectivity index (χ1) is 12.2. The van der Waals surface area contributed by atoms with Crippen LogP contribution in [0.15, 0.2) is 12.2 Å². The van der Waals surface area contributed by atoms with E-state index in [4.69, 9.17) is 9.47 Å². The second-order valence-electron chi connectivity index (χ2n) is 6.97. The first-order valence-electron chi connectivity index (χ1n) is 10.1. The average Bonchev–Trinajstić information content (AvgIpc) is 2.62. The van der Waals surface area contributed by atoms with E-state index in [-0.39, 0.29) is 13.2 Å². The molecule has 0 aromatic rings. The zero-order valence-electron chi connectivity index (χ0n) is 15.8. The van der Waals surface area contributed by atoms with Gasteiger partial charge in [0.1, 0.15) is 24.4 Å². The Morgan fingerprint density at radius 1 is 0.960 bits per heavy atom. The number of ether oxygens (including phenoxy) is 2. The summed E-state index contributed by atoms with van der Waals surface area (Å²) in [4.78, 5) is 0. The first-order valence-corrected chi connectivity index (χ1v) is 10.1. The molecule has 1 rings (SSSR count). The highest BCUT2D eigenvalue weighted by Gasteiger charge is 2.39. The standard InChI is InChI=1S/C20H38O5/c1-2-3-4-5-6-7-8-9-10-11-12-13-14-24-20-18(15-21)25-16-17(22)19(20)23/h6-7,17-23H,2-5,8-16H2,1H3/b7-6+/t17-,18+,19+,20+/m1/s1. The van der Waals surface area contributed by atoms with E-state index in [1.807, 2.05) is 0 Å². The molecule has 0 aromatic heterocycles. The van der Waals surface area contributed by atoms with Gasteiger partial charge in [-0.25, -0.2) is 0 Å². The van der Waals surface area contributed by atoms with Crippen molar-refractivity contribution in [3.05, 3.63) is 12.2 Å². The van der Waals surface area contributed by atoms with Gasteiger partial charge in [-0.05, 0) is 32.1 Å². The quantitative estimate of drug-likeness (QED) is 0.329. The van der Waals surface area contributed by atoms with E-state index >= 15 is 0 Å². The van der Waals surface area contributed by atoms with E-state index in [2.05, 4.69) is 19.1 Å². The maximum Gasteiger partial charge on any atom is 0.114 e. The van der Waals surface area contributed by atoms with Crippen molar-refractivity contribution in [2.75, 3.05) is 19.8 Å². The van der Waals surface area contributed by atoms with Gasteiger partial charge in [-0.2, -0.15) is 0 Å². The number of hydrogen-bond donors (Lipinski definition) is 3. The maximum absolute atomic E-state index is 9.96. The van der Waals surface area contributed by atoms with Crippen molar-refractivity contribution in [2.24, 2.45) is 0 Å². The van der Waals surface area contributed by atoms with Gasteiger partial charge in [-0.3, -0.25) is 0 Å². The Labute approximate surface area is 153 Å². The molecule has 0 bridgehead atoms. The van der Waals surface area contributed by atoms with Crippen LogP contribution in [-0.2, 0) is 9.47 Å². The Balaban J connectivity index is 1.97. The Morgan fingerprint density at radius 3 is 2.28 bits per heavy atom. The van der Waals surface area contributed by atoms with Crippen molar-refractivity contribution < 1.29 is 24.8 Å². The molecule has 0 amide bonds. The molecule has 1 aliphatic rings. The van der Waals surface area contributed by atoms with Crippen LogP contribution >= 0.6 is 0 Å². The topological polar surface area (TPSA) is 79.2 Å². The van der Waals surface area contributed by atoms with E-state index in [1.54, 1.807) is 0 Å². The normalized spacial score (nSPS) is 27.2. The van der Waals surface area contributed by atoms with Crippen LogP contribution in [0, 0.1) is 0 Å². The highest BCUT2D eigenvalue weighted by atomic mass is 16.6. The smallest absolute Gasteiger partial charge is 0.114 e. The number of hydrogen-bond acceptors (Lipinski definition) is 5. The lowest BCUT2D eigenvalue weighted by Gasteiger charge is -2.37. The molecule has 5 nitrogen and oxygen atoms in total. The Bertz CT molecular complexity index is 332. The van der Waals surface area contributed by atoms with Gasteiger partial charge >= 0.3 is 0 Å². The molecule has 4 atom stereocenters. The molecular formula is C20H38O5. The summed E-state index contributed by atoms with van der Waals surface area (Å²) < 4.78 is 10.9. The summed E-state index contributed by atoms with van der Waals surface area (Å²) in [6, 6.07) is 0. The summed E-state index contributed by atoms with van der Waals surface area (Å²) in [5.74, 6) is 0. The molecule has 1 heterocycles. The van der Waals surface area contributed by atoms with Gasteiger partial charge in [0, 0.05) is 6.61 Å². The van der Waals surface area contributed by atoms with Gasteiger partial charge in [0.15, 0.2) is 0 Å². The first kappa shape index (κ1) is 22.6. The van der Waals surface area contributed by atoms with Crippen LogP contribution in [-0.4, -0.2) is 59.6 Å². The molecule has 5 heteroatoms. The van der Waals surface area contributed by atoms with E-state index in [0.29, 0.717) is 6.61 Å². The molecule has 25 heavy (non-hydrogen) atoms. The van der Waals surface area contributed by atoms with Gasteiger partial charge < -0.3 is 24.8 Å². The number of allylic oxidation sites excluding steroid dienone is 2. The van der Waals surface area contributed by atoms with Crippen LogP contribution in [0.1, 0.15) is 71.1 Å². The predicted octanol–water partition coefficient (Wildman–Crippen LogP) is 2.96. The Hall–Kier alpha value is -0.460. The predicted molar refractivity (Wildman–Crippen MR) is 99.6 cm³/mol. The lowest BCUT2D eigenvalue weighted by molar-refractivity contribution is -0.211. The number of aliphatic hydroxyl groups excluding tert-OH is 3. The van der Waals surface area contributed by atoms with E-state index in [9.17, 15) is 15.3 Å². The summed E-state index contributed by atoms with van der Waals surface area (Å²) >= 11 is 0. The molecule has 0 radical (unpaired) electrons. The summed E-state index contributed by atoms with van der Waals surface area (Å²) in [5, 5.41) is 28.8. The molecular weight excluding hydrogens is 320 g/mol. The monoisotopic (exact) mass is 358 g/mol. The van der Waals surface area contributed by atoms with Gasteiger partial charge in [-0.15, -0.1) is 0 Å². The van der Waals surface area contributed by atoms with Crippen LogP contribution < -0.4 is 0 Å². The summed E-state index contributed by atoms with van der Waals surface area (Å²) in [7, 11) is 0. The van der Waals surface area contributed by atoms with E-state index in [0.717, 1.165) is 12.8 Å². The second-order valence-corrected chi connectivity index (χ2v) is 6.97. The highest BCUT2D eigenvalue weighted by molar-refractivity contribution is 4.87. The number of aliphatic hydroxyl groups is 3. The SMILES string of the molecule is CCCCC/C=C/CCCCCCCO[C@@H]1[C@@H](O)[C@H](O)CO[C@H]1CO. The minimum absolute atomic E-state index is 0.0410. The fourth-order valence-corrected chi connectivity index (χ4v) is 3.08. The van der Waals surface area contributed by atoms with E-state index in [1.165, 1.54) is 51.4 Å². The largest absolute Gasteiger partial charge is 0.394 e. The summed E-state index contributed by atoms with van der Waals surface area (Å²) in [5.41, 5.74) is 0. The van der Waals surface area contributed by atoms with Crippen LogP contribution in [0.2, 0.25) is 0 Å². The van der Waals surface area contributed by atoms with Gasteiger partial charge in [-0.1, -0.05) is 51.2 Å². The van der Waals surface area contributed by atoms with Crippen molar-refractivity contribution in [1.29, 1.82) is 0 Å². The lowest BCUT2D eigenvalue weighted by atomic mass is 10.0. The van der Waals surface area contributed by atoms with Crippen LogP contribution in [0.4, 0.5) is 0 Å². The molecule has 0 spiro atoms. The van der Waals surface area contributed by atoms with E-state index < -0.39 is 24.4 Å². The molecule has 0 aliphatic carbocycles. The van der Waals surface area contributed by atoms with Crippen molar-refractivity contribution in [3.63, 3.8) is 0 Å². The average molecular weight is 359 g/mol. The third-order valence-corrected chi connectivity index (χ3v) is 4.72. The van der Waals surface area contributed by atoms with Crippen LogP contribution in [0.5, 0.6) is 0 Å². The van der Waals surface area contributed by atoms with Crippen molar-refractivity contribution in [2.45, 2.75) is 95.5 Å². The summed E-state index contributed by atoms with van der Waals surface area (Å²) in [6.45, 7) is 2.58. The van der Waals surface area contributed by atoms with Crippen LogP contribution in [0.3, 0.4) is 0 Å². The molecule has 0 aromatic carbocycles. The third kappa shape index (κ3) is 9.71. The van der Waals surface area contributed by atoms with Gasteiger partial charge in [0.25, 0.3) is 0 Å². The van der Waals surface area contributed by atoms with Crippen molar-refractivity contribution in [3.8, 4) is 0 Å². The lowest BCUT2D eigenvalue weighted by Crippen LogP contribution is -2.55. The van der Waals surface area contributed by atoms with Crippen molar-refractivity contribution in [1.82, 2.24) is 0 Å². The fourth-order valence-electron chi connectivity index (χ4n) is 3.08. The molecule has 3 N–H and O–H groups in total. The highest BCUT2D eigenvalue weighted by Crippen LogP contribution is 2.19. The number of rotatable bonds is 14. The third-order valence-electron chi connectivity index (χ3n) is 4.72. The Kier molecular flexibility index (Phi) is 13.3. The fraction of sp³-hybridized carbons (Fsp3) is 0.900. The van der Waals surface area contributed by atoms with Crippen molar-refractivity contribution >= 4 is 0 Å². The maximum atomic E-state index is 9.96. The zero-order chi connectivity index (χ0) is 18.3. The number of unbranched alkanes of at least 4 members (excludes halogenated alkanes) is 8. The summed E-state index contributed by atoms with van der Waals surface area (Å²) in [6.07, 6.45) is 13.5.